The fourth-order valence-electron chi connectivity index (χ4n) is 2.76. The molecule has 3 aromatic rings. The SMILES string of the molecule is O=C(/C=C/c1ccccc1[N+](=O)[O-])O[C@@H](C(=O)c1ccccc1)c1ccccc1. The van der Waals surface area contributed by atoms with Gasteiger partial charge in [-0.25, -0.2) is 4.79 Å². The van der Waals surface area contributed by atoms with Crippen molar-refractivity contribution in [3.8, 4) is 0 Å². The maximum Gasteiger partial charge on any atom is 0.331 e. The Morgan fingerprint density at radius 1 is 0.862 bits per heavy atom. The van der Waals surface area contributed by atoms with Crippen LogP contribution in [0.5, 0.6) is 0 Å². The van der Waals surface area contributed by atoms with Gasteiger partial charge in [-0.15, -0.1) is 0 Å². The molecule has 0 saturated carbocycles. The van der Waals surface area contributed by atoms with Crippen molar-refractivity contribution in [1.29, 1.82) is 0 Å². The summed E-state index contributed by atoms with van der Waals surface area (Å²) in [6, 6.07) is 23.3. The molecule has 0 N–H and O–H groups in total. The summed E-state index contributed by atoms with van der Waals surface area (Å²) in [6.45, 7) is 0. The minimum Gasteiger partial charge on any atom is -0.446 e. The van der Waals surface area contributed by atoms with Gasteiger partial charge < -0.3 is 4.74 Å². The van der Waals surface area contributed by atoms with Crippen LogP contribution in [0.3, 0.4) is 0 Å². The largest absolute Gasteiger partial charge is 0.446 e. The Morgan fingerprint density at radius 2 is 1.45 bits per heavy atom. The van der Waals surface area contributed by atoms with Crippen molar-refractivity contribution < 1.29 is 19.2 Å². The lowest BCUT2D eigenvalue weighted by Crippen LogP contribution is -2.19. The number of carbonyl (C=O) groups excluding carboxylic acids is 2. The van der Waals surface area contributed by atoms with Crippen LogP contribution in [0.4, 0.5) is 5.69 Å². The summed E-state index contributed by atoms with van der Waals surface area (Å²) in [5.74, 6) is -1.13. The van der Waals surface area contributed by atoms with Crippen molar-refractivity contribution in [2.75, 3.05) is 0 Å². The third-order valence-corrected chi connectivity index (χ3v) is 4.17. The van der Waals surface area contributed by atoms with Crippen LogP contribution in [0.1, 0.15) is 27.6 Å². The second-order valence-electron chi connectivity index (χ2n) is 6.11. The first-order chi connectivity index (χ1) is 14.1. The van der Waals surface area contributed by atoms with Crippen LogP contribution in [0, 0.1) is 10.1 Å². The summed E-state index contributed by atoms with van der Waals surface area (Å²) in [7, 11) is 0. The zero-order valence-electron chi connectivity index (χ0n) is 15.3. The van der Waals surface area contributed by atoms with Crippen LogP contribution in [0.15, 0.2) is 91.0 Å². The Balaban J connectivity index is 1.84. The molecule has 0 aliphatic rings. The number of Topliss-reactive ketones (excluding diaryl/α,β-unsaturated/α-hetero) is 1. The Hall–Kier alpha value is -4.06. The first kappa shape index (κ1) is 19.7. The van der Waals surface area contributed by atoms with E-state index in [-0.39, 0.29) is 17.0 Å². The van der Waals surface area contributed by atoms with Gasteiger partial charge in [0, 0.05) is 23.3 Å². The number of ether oxygens (including phenoxy) is 1. The summed E-state index contributed by atoms with van der Waals surface area (Å²) in [4.78, 5) is 35.8. The molecule has 0 unspecified atom stereocenters. The normalized spacial score (nSPS) is 11.7. The van der Waals surface area contributed by atoms with Crippen LogP contribution in [0.2, 0.25) is 0 Å². The minimum atomic E-state index is -1.12. The van der Waals surface area contributed by atoms with E-state index in [0.29, 0.717) is 11.1 Å². The molecule has 29 heavy (non-hydrogen) atoms. The number of hydrogen-bond acceptors (Lipinski definition) is 5. The maximum absolute atomic E-state index is 12.9. The van der Waals surface area contributed by atoms with E-state index in [0.717, 1.165) is 6.08 Å². The van der Waals surface area contributed by atoms with Crippen LogP contribution >= 0.6 is 0 Å². The van der Waals surface area contributed by atoms with Crippen LogP contribution in [-0.2, 0) is 9.53 Å². The van der Waals surface area contributed by atoms with Crippen molar-refractivity contribution in [2.24, 2.45) is 0 Å². The van der Waals surface area contributed by atoms with E-state index < -0.39 is 17.0 Å². The standard InChI is InChI=1S/C23H17NO5/c25-21(16-15-17-9-7-8-14-20(17)24(27)28)29-23(19-12-5-2-6-13-19)22(26)18-10-3-1-4-11-18/h1-16,23H/b16-15+/t23-/m1/s1. The lowest BCUT2D eigenvalue weighted by Gasteiger charge is -2.16. The van der Waals surface area contributed by atoms with E-state index in [1.165, 1.54) is 24.3 Å². The summed E-state index contributed by atoms with van der Waals surface area (Å²) in [5, 5.41) is 11.1. The number of rotatable bonds is 7. The molecule has 0 radical (unpaired) electrons. The minimum absolute atomic E-state index is 0.128. The molecule has 6 nitrogen and oxygen atoms in total. The predicted octanol–water partition coefficient (Wildman–Crippen LogP) is 4.78. The number of nitrogens with zero attached hydrogens (tertiary/aromatic N) is 1. The zero-order chi connectivity index (χ0) is 20.6. The molecule has 0 heterocycles. The van der Waals surface area contributed by atoms with Gasteiger partial charge in [0.05, 0.1) is 10.5 Å². The number of ketones is 1. The van der Waals surface area contributed by atoms with Gasteiger partial charge in [-0.05, 0) is 12.1 Å². The molecule has 0 aromatic heterocycles. The van der Waals surface area contributed by atoms with Gasteiger partial charge in [-0.3, -0.25) is 14.9 Å². The highest BCUT2D eigenvalue weighted by Crippen LogP contribution is 2.24. The number of benzene rings is 3. The molecule has 1 atom stereocenters. The number of nitro groups is 1. The van der Waals surface area contributed by atoms with E-state index in [9.17, 15) is 19.7 Å². The van der Waals surface area contributed by atoms with Gasteiger partial charge in [-0.2, -0.15) is 0 Å². The van der Waals surface area contributed by atoms with Crippen LogP contribution < -0.4 is 0 Å². The number of para-hydroxylation sites is 1. The average Bonchev–Trinajstić information content (AvgIpc) is 2.77. The van der Waals surface area contributed by atoms with Crippen LogP contribution in [0.25, 0.3) is 6.08 Å². The molecule has 0 saturated heterocycles. The zero-order valence-corrected chi connectivity index (χ0v) is 15.3. The second-order valence-corrected chi connectivity index (χ2v) is 6.11. The molecule has 3 aromatic carbocycles. The molecule has 0 amide bonds. The monoisotopic (exact) mass is 387 g/mol. The van der Waals surface area contributed by atoms with E-state index in [4.69, 9.17) is 4.74 Å². The highest BCUT2D eigenvalue weighted by Gasteiger charge is 2.25. The fourth-order valence-corrected chi connectivity index (χ4v) is 2.76. The van der Waals surface area contributed by atoms with E-state index in [1.807, 2.05) is 0 Å². The van der Waals surface area contributed by atoms with Gasteiger partial charge in [0.25, 0.3) is 5.69 Å². The predicted molar refractivity (Wildman–Crippen MR) is 108 cm³/mol. The first-order valence-electron chi connectivity index (χ1n) is 8.82. The molecule has 0 aliphatic carbocycles. The van der Waals surface area contributed by atoms with Gasteiger partial charge in [0.1, 0.15) is 0 Å². The molecule has 0 fully saturated rings. The third-order valence-electron chi connectivity index (χ3n) is 4.17. The first-order valence-corrected chi connectivity index (χ1v) is 8.82. The van der Waals surface area contributed by atoms with E-state index in [2.05, 4.69) is 0 Å². The average molecular weight is 387 g/mol. The van der Waals surface area contributed by atoms with E-state index in [1.54, 1.807) is 66.7 Å². The summed E-state index contributed by atoms with van der Waals surface area (Å²) < 4.78 is 5.43. The van der Waals surface area contributed by atoms with Crippen molar-refractivity contribution in [2.45, 2.75) is 6.10 Å². The van der Waals surface area contributed by atoms with Gasteiger partial charge >= 0.3 is 5.97 Å². The summed E-state index contributed by atoms with van der Waals surface area (Å²) >= 11 is 0. The maximum atomic E-state index is 12.9. The molecule has 6 heteroatoms. The lowest BCUT2D eigenvalue weighted by molar-refractivity contribution is -0.385. The quantitative estimate of drug-likeness (QED) is 0.191. The third kappa shape index (κ3) is 5.01. The summed E-state index contributed by atoms with van der Waals surface area (Å²) in [5.41, 5.74) is 1.09. The van der Waals surface area contributed by atoms with Gasteiger partial charge in [-0.1, -0.05) is 72.8 Å². The summed E-state index contributed by atoms with van der Waals surface area (Å²) in [6.07, 6.45) is 1.26. The highest BCUT2D eigenvalue weighted by atomic mass is 16.6. The van der Waals surface area contributed by atoms with Crippen LogP contribution in [-0.4, -0.2) is 16.7 Å². The van der Waals surface area contributed by atoms with Crippen molar-refractivity contribution in [3.05, 3.63) is 118 Å². The Kier molecular flexibility index (Phi) is 6.27. The second kappa shape index (κ2) is 9.23. The molecule has 0 bridgehead atoms. The molecule has 0 aliphatic heterocycles. The fraction of sp³-hybridized carbons (Fsp3) is 0.0435. The Morgan fingerprint density at radius 3 is 2.10 bits per heavy atom. The van der Waals surface area contributed by atoms with Crippen molar-refractivity contribution in [3.63, 3.8) is 0 Å². The topological polar surface area (TPSA) is 86.5 Å². The molecule has 144 valence electrons. The Labute approximate surface area is 167 Å². The van der Waals surface area contributed by atoms with Crippen molar-refractivity contribution >= 4 is 23.5 Å². The van der Waals surface area contributed by atoms with E-state index >= 15 is 0 Å². The van der Waals surface area contributed by atoms with Crippen molar-refractivity contribution in [1.82, 2.24) is 0 Å². The lowest BCUT2D eigenvalue weighted by atomic mass is 10.00. The molecular formula is C23H17NO5. The molecule has 3 rings (SSSR count). The number of hydrogen-bond donors (Lipinski definition) is 0. The number of esters is 1. The smallest absolute Gasteiger partial charge is 0.331 e. The highest BCUT2D eigenvalue weighted by molar-refractivity contribution is 6.01. The molecular weight excluding hydrogens is 370 g/mol. The number of carbonyl (C=O) groups is 2. The Bertz CT molecular complexity index is 1050. The molecule has 0 spiro atoms. The van der Waals surface area contributed by atoms with Gasteiger partial charge in [0.15, 0.2) is 6.10 Å². The number of nitro benzene ring substituents is 1. The van der Waals surface area contributed by atoms with Gasteiger partial charge in [0.2, 0.25) is 5.78 Å².